The van der Waals surface area contributed by atoms with Crippen LogP contribution in [0.4, 0.5) is 0 Å². The minimum Gasteiger partial charge on any atom is -0.0992 e. The first-order valence-corrected chi connectivity index (χ1v) is 4.88. The van der Waals surface area contributed by atoms with E-state index < -0.39 is 0 Å². The zero-order chi connectivity index (χ0) is 6.43. The average Bonchev–Trinajstić information content (AvgIpc) is 1.91. The molecule has 9 heavy (non-hydrogen) atoms. The van der Waals surface area contributed by atoms with Crippen LogP contribution in [0, 0.1) is 11.8 Å². The number of halogens is 1. The third-order valence-corrected chi connectivity index (χ3v) is 4.49. The van der Waals surface area contributed by atoms with Gasteiger partial charge in [-0.15, -0.1) is 0 Å². The molecule has 3 saturated carbocycles. The van der Waals surface area contributed by atoms with E-state index in [-0.39, 0.29) is 0 Å². The third-order valence-electron chi connectivity index (χ3n) is 2.75. The van der Waals surface area contributed by atoms with Gasteiger partial charge >= 0.3 is 0 Å². The van der Waals surface area contributed by atoms with E-state index in [2.05, 4.69) is 29.2 Å². The lowest BCUT2D eigenvalue weighted by Crippen LogP contribution is -2.43. The number of hydrogen-bond donors (Lipinski definition) is 0. The second-order valence-electron chi connectivity index (χ2n) is 3.16. The molecule has 0 saturated heterocycles. The normalized spacial score (nSPS) is 48.6. The van der Waals surface area contributed by atoms with Crippen molar-refractivity contribution >= 4 is 22.6 Å². The van der Waals surface area contributed by atoms with Gasteiger partial charge in [0.15, 0.2) is 0 Å². The molecule has 2 bridgehead atoms. The maximum atomic E-state index is 4.09. The predicted molar refractivity (Wildman–Crippen MR) is 47.8 cm³/mol. The van der Waals surface area contributed by atoms with Crippen LogP contribution in [-0.2, 0) is 0 Å². The Bertz CT molecular complexity index is 137. The fourth-order valence-corrected chi connectivity index (χ4v) is 3.74. The molecule has 1 unspecified atom stereocenters. The minimum atomic E-state index is 0.907. The van der Waals surface area contributed by atoms with E-state index in [0.717, 1.165) is 15.8 Å². The van der Waals surface area contributed by atoms with Crippen LogP contribution < -0.4 is 0 Å². The van der Waals surface area contributed by atoms with Crippen LogP contribution in [0.1, 0.15) is 19.3 Å². The highest BCUT2D eigenvalue weighted by atomic mass is 127. The lowest BCUT2D eigenvalue weighted by molar-refractivity contribution is 0.241. The third kappa shape index (κ3) is 0.702. The lowest BCUT2D eigenvalue weighted by Gasteiger charge is -2.48. The molecule has 0 aromatic heterocycles. The number of alkyl halides is 1. The molecule has 3 aliphatic rings. The topological polar surface area (TPSA) is 0 Å². The zero-order valence-corrected chi connectivity index (χ0v) is 7.60. The quantitative estimate of drug-likeness (QED) is 0.343. The van der Waals surface area contributed by atoms with Crippen molar-refractivity contribution in [3.05, 3.63) is 12.2 Å². The van der Waals surface area contributed by atoms with Gasteiger partial charge in [-0.2, -0.15) is 0 Å². The summed E-state index contributed by atoms with van der Waals surface area (Å²) in [6.45, 7) is 4.09. The summed E-state index contributed by atoms with van der Waals surface area (Å²) < 4.78 is 0.948. The molecule has 0 spiro atoms. The van der Waals surface area contributed by atoms with Crippen molar-refractivity contribution in [2.24, 2.45) is 11.8 Å². The van der Waals surface area contributed by atoms with Crippen molar-refractivity contribution in [1.82, 2.24) is 0 Å². The first-order chi connectivity index (χ1) is 4.30. The van der Waals surface area contributed by atoms with Crippen LogP contribution >= 0.6 is 22.6 Å². The van der Waals surface area contributed by atoms with E-state index in [1.807, 2.05) is 0 Å². The summed E-state index contributed by atoms with van der Waals surface area (Å²) in [5, 5.41) is 0. The molecule has 0 aliphatic heterocycles. The Morgan fingerprint density at radius 1 is 1.33 bits per heavy atom. The van der Waals surface area contributed by atoms with Crippen molar-refractivity contribution in [1.29, 1.82) is 0 Å². The van der Waals surface area contributed by atoms with Gasteiger partial charge in [-0.3, -0.25) is 0 Å². The van der Waals surface area contributed by atoms with Gasteiger partial charge < -0.3 is 0 Å². The van der Waals surface area contributed by atoms with E-state index in [4.69, 9.17) is 0 Å². The lowest BCUT2D eigenvalue weighted by atomic mass is 9.62. The SMILES string of the molecule is C=C1[C@H]2CCC[C@@H]1C2I. The van der Waals surface area contributed by atoms with E-state index in [9.17, 15) is 0 Å². The van der Waals surface area contributed by atoms with Gasteiger partial charge in [0.05, 0.1) is 0 Å². The standard InChI is InChI=1S/C8H11I/c1-5-6-3-2-4-7(5)8(6)9/h6-8H,1-4H2/t6-,7+,8?. The van der Waals surface area contributed by atoms with Gasteiger partial charge in [0.25, 0.3) is 0 Å². The molecule has 3 aliphatic carbocycles. The summed E-state index contributed by atoms with van der Waals surface area (Å²) in [6.07, 6.45) is 4.29. The smallest absolute Gasteiger partial charge is 0.0240 e. The molecule has 0 nitrogen and oxygen atoms in total. The highest BCUT2D eigenvalue weighted by Gasteiger charge is 2.44. The molecule has 3 rings (SSSR count). The monoisotopic (exact) mass is 234 g/mol. The molecule has 50 valence electrons. The molecule has 0 aromatic rings. The minimum absolute atomic E-state index is 0.907. The first kappa shape index (κ1) is 6.20. The molecule has 0 amide bonds. The van der Waals surface area contributed by atoms with Gasteiger partial charge in [0.1, 0.15) is 0 Å². The number of hydrogen-bond acceptors (Lipinski definition) is 0. The Kier molecular flexibility index (Phi) is 1.36. The molecular formula is C8H11I. The van der Waals surface area contributed by atoms with Crippen molar-refractivity contribution in [2.45, 2.75) is 23.2 Å². The maximum Gasteiger partial charge on any atom is 0.0240 e. The molecule has 0 radical (unpaired) electrons. The Balaban J connectivity index is 2.17. The van der Waals surface area contributed by atoms with Crippen molar-refractivity contribution in [2.75, 3.05) is 0 Å². The van der Waals surface area contributed by atoms with E-state index in [0.29, 0.717) is 0 Å². The molecule has 1 heteroatoms. The molecule has 3 fully saturated rings. The number of allylic oxidation sites excluding steroid dienone is 1. The highest BCUT2D eigenvalue weighted by molar-refractivity contribution is 14.1. The van der Waals surface area contributed by atoms with Gasteiger partial charge in [-0.25, -0.2) is 0 Å². The van der Waals surface area contributed by atoms with Gasteiger partial charge in [0.2, 0.25) is 0 Å². The molecule has 0 heterocycles. The van der Waals surface area contributed by atoms with E-state index in [1.165, 1.54) is 19.3 Å². The van der Waals surface area contributed by atoms with Gasteiger partial charge in [-0.1, -0.05) is 41.2 Å². The molecule has 3 atom stereocenters. The zero-order valence-electron chi connectivity index (χ0n) is 5.44. The van der Waals surface area contributed by atoms with Crippen molar-refractivity contribution in [3.8, 4) is 0 Å². The summed E-state index contributed by atoms with van der Waals surface area (Å²) in [5.74, 6) is 1.81. The Morgan fingerprint density at radius 2 is 1.89 bits per heavy atom. The molecule has 0 N–H and O–H groups in total. The Morgan fingerprint density at radius 3 is 2.11 bits per heavy atom. The van der Waals surface area contributed by atoms with Gasteiger partial charge in [0, 0.05) is 3.92 Å². The Hall–Kier alpha value is 0.470. The summed E-state index contributed by atoms with van der Waals surface area (Å²) in [5.41, 5.74) is 1.56. The Labute approximate surface area is 69.9 Å². The summed E-state index contributed by atoms with van der Waals surface area (Å²) in [7, 11) is 0. The number of fused-ring (bicyclic) bond motifs is 2. The van der Waals surface area contributed by atoms with E-state index >= 15 is 0 Å². The van der Waals surface area contributed by atoms with Crippen LogP contribution in [0.5, 0.6) is 0 Å². The first-order valence-electron chi connectivity index (χ1n) is 3.63. The maximum absolute atomic E-state index is 4.09. The predicted octanol–water partition coefficient (Wildman–Crippen LogP) is 2.78. The molecule has 0 aromatic carbocycles. The number of rotatable bonds is 0. The van der Waals surface area contributed by atoms with Gasteiger partial charge in [-0.05, 0) is 24.7 Å². The summed E-state index contributed by atoms with van der Waals surface area (Å²) in [4.78, 5) is 0. The van der Waals surface area contributed by atoms with Crippen molar-refractivity contribution in [3.63, 3.8) is 0 Å². The summed E-state index contributed by atoms with van der Waals surface area (Å²) in [6, 6.07) is 0. The van der Waals surface area contributed by atoms with Crippen LogP contribution in [0.2, 0.25) is 0 Å². The fraction of sp³-hybridized carbons (Fsp3) is 0.750. The van der Waals surface area contributed by atoms with Crippen LogP contribution in [0.15, 0.2) is 12.2 Å². The fourth-order valence-electron chi connectivity index (χ4n) is 2.09. The van der Waals surface area contributed by atoms with E-state index in [1.54, 1.807) is 5.57 Å². The highest BCUT2D eigenvalue weighted by Crippen LogP contribution is 2.53. The molecular weight excluding hydrogens is 223 g/mol. The average molecular weight is 234 g/mol. The summed E-state index contributed by atoms with van der Waals surface area (Å²) >= 11 is 2.59. The largest absolute Gasteiger partial charge is 0.0992 e. The van der Waals surface area contributed by atoms with Crippen LogP contribution in [0.3, 0.4) is 0 Å². The van der Waals surface area contributed by atoms with Crippen molar-refractivity contribution < 1.29 is 0 Å². The second kappa shape index (κ2) is 1.97. The van der Waals surface area contributed by atoms with Crippen LogP contribution in [-0.4, -0.2) is 3.92 Å². The second-order valence-corrected chi connectivity index (χ2v) is 4.60. The van der Waals surface area contributed by atoms with Crippen LogP contribution in [0.25, 0.3) is 0 Å².